The molecule has 0 saturated carbocycles. The number of phenolic OH excluding ortho intramolecular Hbond substituents is 2. The van der Waals surface area contributed by atoms with Gasteiger partial charge in [0.05, 0.1) is 15.4 Å². The van der Waals surface area contributed by atoms with Gasteiger partial charge in [0.15, 0.2) is 0 Å². The van der Waals surface area contributed by atoms with Crippen LogP contribution in [-0.2, 0) is 10.3 Å². The van der Waals surface area contributed by atoms with Crippen molar-refractivity contribution in [3.05, 3.63) is 91.0 Å². The average Bonchev–Trinajstić information content (AvgIpc) is 3.00. The number of ether oxygens (including phenoxy) is 2. The summed E-state index contributed by atoms with van der Waals surface area (Å²) in [7, 11) is 0. The van der Waals surface area contributed by atoms with Crippen LogP contribution in [0.25, 0.3) is 0 Å². The minimum atomic E-state index is -1.97. The van der Waals surface area contributed by atoms with Gasteiger partial charge in [-0.25, -0.2) is 4.79 Å². The average molecular weight is 422 g/mol. The molecule has 2 aliphatic heterocycles. The number of nitro benzene ring substituents is 2. The fourth-order valence-corrected chi connectivity index (χ4v) is 4.14. The van der Waals surface area contributed by atoms with Gasteiger partial charge in [-0.3, -0.25) is 20.2 Å². The normalized spacial score (nSPS) is 17.9. The summed E-state index contributed by atoms with van der Waals surface area (Å²) < 4.78 is 11.4. The number of carbonyl (C=O) groups excluding carboxylic acids is 1. The van der Waals surface area contributed by atoms with Crippen LogP contribution in [0.15, 0.2) is 48.5 Å². The van der Waals surface area contributed by atoms with Gasteiger partial charge in [0, 0.05) is 23.3 Å². The fourth-order valence-electron chi connectivity index (χ4n) is 4.14. The molecule has 0 saturated heterocycles. The number of hydrogen-bond donors (Lipinski definition) is 2. The summed E-state index contributed by atoms with van der Waals surface area (Å²) in [6.07, 6.45) is 0. The molecular formula is C20H10N2O9. The first-order chi connectivity index (χ1) is 14.8. The molecular weight excluding hydrogens is 412 g/mol. The van der Waals surface area contributed by atoms with E-state index < -0.39 is 44.1 Å². The molecule has 2 N–H and O–H groups in total. The zero-order chi connectivity index (χ0) is 22.1. The molecule has 0 aliphatic carbocycles. The van der Waals surface area contributed by atoms with Crippen LogP contribution in [0.4, 0.5) is 11.4 Å². The standard InChI is InChI=1S/C20H10N2O9/c23-9-5-6-12-14(7-9)30-15-8-13(24)17(21(26)27)18(22(28)29)16(15)20(12)11-4-2-1-3-10(11)19(25)31-20/h1-8,23-24H/t20-/m0/s1. The van der Waals surface area contributed by atoms with Gasteiger partial charge in [0.2, 0.25) is 11.4 Å². The van der Waals surface area contributed by atoms with Crippen molar-refractivity contribution in [2.45, 2.75) is 5.60 Å². The number of phenols is 2. The molecule has 1 atom stereocenters. The molecule has 2 heterocycles. The summed E-state index contributed by atoms with van der Waals surface area (Å²) >= 11 is 0. The summed E-state index contributed by atoms with van der Waals surface area (Å²) in [5.41, 5.74) is -4.15. The first-order valence-electron chi connectivity index (χ1n) is 8.79. The number of benzene rings is 3. The van der Waals surface area contributed by atoms with Crippen molar-refractivity contribution < 1.29 is 34.3 Å². The molecule has 0 unspecified atom stereocenters. The summed E-state index contributed by atoms with van der Waals surface area (Å²) in [6, 6.07) is 10.8. The lowest BCUT2D eigenvalue weighted by atomic mass is 9.76. The third-order valence-electron chi connectivity index (χ3n) is 5.27. The Labute approximate surface area is 172 Å². The molecule has 31 heavy (non-hydrogen) atoms. The number of esters is 1. The number of hydrogen-bond acceptors (Lipinski definition) is 9. The Morgan fingerprint density at radius 3 is 2.29 bits per heavy atom. The van der Waals surface area contributed by atoms with Crippen molar-refractivity contribution in [3.63, 3.8) is 0 Å². The predicted molar refractivity (Wildman–Crippen MR) is 101 cm³/mol. The van der Waals surface area contributed by atoms with E-state index >= 15 is 0 Å². The van der Waals surface area contributed by atoms with Crippen molar-refractivity contribution in [2.24, 2.45) is 0 Å². The van der Waals surface area contributed by atoms with Crippen LogP contribution >= 0.6 is 0 Å². The van der Waals surface area contributed by atoms with Crippen molar-refractivity contribution in [2.75, 3.05) is 0 Å². The topological polar surface area (TPSA) is 162 Å². The first kappa shape index (κ1) is 18.4. The van der Waals surface area contributed by atoms with E-state index in [4.69, 9.17) is 9.47 Å². The number of rotatable bonds is 2. The lowest BCUT2D eigenvalue weighted by Gasteiger charge is -2.35. The highest BCUT2D eigenvalue weighted by molar-refractivity contribution is 5.97. The van der Waals surface area contributed by atoms with Crippen LogP contribution in [0.1, 0.15) is 27.0 Å². The Hall–Kier alpha value is -4.67. The Balaban J connectivity index is 2.01. The van der Waals surface area contributed by atoms with E-state index in [1.807, 2.05) is 0 Å². The molecule has 3 aromatic carbocycles. The minimum absolute atomic E-state index is 0.000413. The second-order valence-corrected chi connectivity index (χ2v) is 6.88. The van der Waals surface area contributed by atoms with Gasteiger partial charge < -0.3 is 19.7 Å². The fraction of sp³-hybridized carbons (Fsp3) is 0.0500. The maximum Gasteiger partial charge on any atom is 0.387 e. The number of nitro groups is 2. The number of aromatic hydroxyl groups is 2. The molecule has 0 radical (unpaired) electrons. The van der Waals surface area contributed by atoms with E-state index in [2.05, 4.69) is 0 Å². The van der Waals surface area contributed by atoms with Crippen molar-refractivity contribution >= 4 is 17.3 Å². The molecule has 3 aromatic rings. The second kappa shape index (κ2) is 5.92. The highest BCUT2D eigenvalue weighted by Gasteiger charge is 2.59. The van der Waals surface area contributed by atoms with E-state index in [0.29, 0.717) is 0 Å². The van der Waals surface area contributed by atoms with Gasteiger partial charge in [0.1, 0.15) is 22.8 Å². The third-order valence-corrected chi connectivity index (χ3v) is 5.27. The first-order valence-corrected chi connectivity index (χ1v) is 8.79. The van der Waals surface area contributed by atoms with Crippen LogP contribution < -0.4 is 4.74 Å². The third kappa shape index (κ3) is 2.25. The van der Waals surface area contributed by atoms with Gasteiger partial charge in [-0.15, -0.1) is 0 Å². The molecule has 1 spiro atoms. The predicted octanol–water partition coefficient (Wildman–Crippen LogP) is 3.48. The lowest BCUT2D eigenvalue weighted by Crippen LogP contribution is -2.34. The quantitative estimate of drug-likeness (QED) is 0.357. The molecule has 0 fully saturated rings. The summed E-state index contributed by atoms with van der Waals surface area (Å²) in [5, 5.41) is 43.7. The number of fused-ring (bicyclic) bond motifs is 6. The van der Waals surface area contributed by atoms with Crippen LogP contribution in [0.2, 0.25) is 0 Å². The SMILES string of the molecule is O=C1O[C@]2(c3ccc(O)cc3Oc3cc(O)c([N+](=O)[O-])c([N+](=O)[O-])c32)c2ccccc21. The highest BCUT2D eigenvalue weighted by atomic mass is 16.6. The molecule has 0 bridgehead atoms. The number of carbonyl (C=O) groups is 1. The van der Waals surface area contributed by atoms with Crippen LogP contribution in [0.3, 0.4) is 0 Å². The van der Waals surface area contributed by atoms with E-state index in [1.54, 1.807) is 12.1 Å². The zero-order valence-electron chi connectivity index (χ0n) is 15.3. The Morgan fingerprint density at radius 1 is 0.871 bits per heavy atom. The summed E-state index contributed by atoms with van der Waals surface area (Å²) in [5.74, 6) is -2.31. The van der Waals surface area contributed by atoms with Gasteiger partial charge >= 0.3 is 17.3 Å². The van der Waals surface area contributed by atoms with E-state index in [9.17, 15) is 35.2 Å². The molecule has 11 heteroatoms. The van der Waals surface area contributed by atoms with Gasteiger partial charge in [-0.2, -0.15) is 0 Å². The van der Waals surface area contributed by atoms with Gasteiger partial charge in [-0.05, 0) is 18.2 Å². The highest BCUT2D eigenvalue weighted by Crippen LogP contribution is 2.61. The molecule has 2 aliphatic rings. The van der Waals surface area contributed by atoms with Crippen molar-refractivity contribution in [3.8, 4) is 23.0 Å². The second-order valence-electron chi connectivity index (χ2n) is 6.88. The van der Waals surface area contributed by atoms with Crippen LogP contribution in [0.5, 0.6) is 23.0 Å². The Morgan fingerprint density at radius 2 is 1.58 bits per heavy atom. The van der Waals surface area contributed by atoms with E-state index in [1.165, 1.54) is 30.3 Å². The molecule has 11 nitrogen and oxygen atoms in total. The lowest BCUT2D eigenvalue weighted by molar-refractivity contribution is -0.424. The minimum Gasteiger partial charge on any atom is -0.508 e. The van der Waals surface area contributed by atoms with Crippen molar-refractivity contribution in [1.82, 2.24) is 0 Å². The molecule has 5 rings (SSSR count). The van der Waals surface area contributed by atoms with E-state index in [0.717, 1.165) is 6.07 Å². The maximum absolute atomic E-state index is 12.7. The molecule has 0 aromatic heterocycles. The Bertz CT molecular complexity index is 1350. The van der Waals surface area contributed by atoms with E-state index in [-0.39, 0.29) is 33.9 Å². The smallest absolute Gasteiger partial charge is 0.387 e. The van der Waals surface area contributed by atoms with Crippen LogP contribution in [-0.4, -0.2) is 26.0 Å². The summed E-state index contributed by atoms with van der Waals surface area (Å²) in [6.45, 7) is 0. The molecule has 0 amide bonds. The number of nitrogens with zero attached hydrogens (tertiary/aromatic N) is 2. The van der Waals surface area contributed by atoms with Crippen molar-refractivity contribution in [1.29, 1.82) is 0 Å². The van der Waals surface area contributed by atoms with Gasteiger partial charge in [0.25, 0.3) is 0 Å². The summed E-state index contributed by atoms with van der Waals surface area (Å²) in [4.78, 5) is 34.2. The maximum atomic E-state index is 12.7. The Kier molecular flexibility index (Phi) is 3.51. The van der Waals surface area contributed by atoms with Crippen LogP contribution in [0, 0.1) is 20.2 Å². The van der Waals surface area contributed by atoms with Gasteiger partial charge in [-0.1, -0.05) is 18.2 Å². The molecule has 154 valence electrons. The largest absolute Gasteiger partial charge is 0.508 e. The monoisotopic (exact) mass is 422 g/mol. The zero-order valence-corrected chi connectivity index (χ0v) is 15.3.